The van der Waals surface area contributed by atoms with Crippen molar-refractivity contribution in [1.82, 2.24) is 9.97 Å². The Balaban J connectivity index is 2.04. The average Bonchev–Trinajstić information content (AvgIpc) is 2.63. The molecule has 1 aromatic carbocycles. The van der Waals surface area contributed by atoms with Gasteiger partial charge in [0, 0.05) is 18.9 Å². The maximum Gasteiger partial charge on any atom is 0.318 e. The minimum absolute atomic E-state index is 0.0619. The third-order valence-corrected chi connectivity index (χ3v) is 3.09. The topological polar surface area (TPSA) is 95.3 Å². The summed E-state index contributed by atoms with van der Waals surface area (Å²) in [5.41, 5.74) is 6.59. The van der Waals surface area contributed by atoms with Gasteiger partial charge in [-0.05, 0) is 18.2 Å². The molecule has 0 bridgehead atoms. The first kappa shape index (κ1) is 19.1. The predicted molar refractivity (Wildman–Crippen MR) is 85.2 cm³/mol. The average molecular weight is 370 g/mol. The summed E-state index contributed by atoms with van der Waals surface area (Å²) < 4.78 is 57.1. The van der Waals surface area contributed by atoms with Crippen molar-refractivity contribution < 1.29 is 22.3 Å². The van der Waals surface area contributed by atoms with Gasteiger partial charge < -0.3 is 15.4 Å². The van der Waals surface area contributed by atoms with E-state index in [1.165, 1.54) is 19.3 Å². The van der Waals surface area contributed by atoms with Crippen LogP contribution in [0.1, 0.15) is 12.0 Å². The summed E-state index contributed by atoms with van der Waals surface area (Å²) >= 11 is 0. The molecular weight excluding hydrogens is 356 g/mol. The minimum Gasteiger partial charge on any atom is -0.457 e. The molecule has 2 aromatic rings. The molecule has 0 aliphatic rings. The van der Waals surface area contributed by atoms with E-state index in [-0.39, 0.29) is 29.8 Å². The zero-order valence-electron chi connectivity index (χ0n) is 13.4. The Morgan fingerprint density at radius 1 is 1.35 bits per heavy atom. The number of nitrogens with zero attached hydrogens (tertiary/aromatic N) is 3. The number of benzene rings is 1. The second-order valence-corrected chi connectivity index (χ2v) is 4.82. The molecule has 26 heavy (non-hydrogen) atoms. The molecular formula is C15H14F4N6O. The third kappa shape index (κ3) is 4.88. The van der Waals surface area contributed by atoms with Crippen LogP contribution < -0.4 is 15.4 Å². The fourth-order valence-electron chi connectivity index (χ4n) is 1.81. The van der Waals surface area contributed by atoms with Crippen molar-refractivity contribution in [3.63, 3.8) is 0 Å². The molecule has 0 saturated heterocycles. The van der Waals surface area contributed by atoms with Crippen LogP contribution in [-0.4, -0.2) is 23.6 Å². The number of hydrogen-bond donors (Lipinski definition) is 3. The van der Waals surface area contributed by atoms with E-state index >= 15 is 0 Å². The molecule has 0 atom stereocenters. The molecule has 0 unspecified atom stereocenters. The third-order valence-electron chi connectivity index (χ3n) is 3.09. The van der Waals surface area contributed by atoms with Crippen LogP contribution >= 0.6 is 0 Å². The van der Waals surface area contributed by atoms with Crippen LogP contribution in [0, 0.1) is 17.2 Å². The highest BCUT2D eigenvalue weighted by molar-refractivity contribution is 5.49. The van der Waals surface area contributed by atoms with E-state index in [9.17, 15) is 17.6 Å². The van der Waals surface area contributed by atoms with Gasteiger partial charge in [0.15, 0.2) is 11.6 Å². The second-order valence-electron chi connectivity index (χ2n) is 4.82. The highest BCUT2D eigenvalue weighted by atomic mass is 19.3. The van der Waals surface area contributed by atoms with E-state index < -0.39 is 23.6 Å². The minimum atomic E-state index is -2.96. The number of alkyl halides is 2. The van der Waals surface area contributed by atoms with Crippen molar-refractivity contribution in [3.8, 4) is 6.01 Å². The van der Waals surface area contributed by atoms with Gasteiger partial charge in [0.25, 0.3) is 6.43 Å². The van der Waals surface area contributed by atoms with Crippen LogP contribution in [0.5, 0.6) is 6.01 Å². The van der Waals surface area contributed by atoms with E-state index in [1.54, 1.807) is 0 Å². The van der Waals surface area contributed by atoms with E-state index in [0.717, 1.165) is 18.3 Å². The Morgan fingerprint density at radius 3 is 2.77 bits per heavy atom. The van der Waals surface area contributed by atoms with Gasteiger partial charge in [0.05, 0.1) is 11.8 Å². The van der Waals surface area contributed by atoms with E-state index in [1.807, 2.05) is 0 Å². The highest BCUT2D eigenvalue weighted by Crippen LogP contribution is 2.25. The van der Waals surface area contributed by atoms with Gasteiger partial charge in [-0.2, -0.15) is 10.1 Å². The van der Waals surface area contributed by atoms with Crippen LogP contribution in [0.15, 0.2) is 41.4 Å². The van der Waals surface area contributed by atoms with Gasteiger partial charge in [0.2, 0.25) is 0 Å². The maximum atomic E-state index is 13.3. The fraction of sp³-hybridized carbons (Fsp3) is 0.200. The van der Waals surface area contributed by atoms with Crippen LogP contribution in [0.2, 0.25) is 0 Å². The fourth-order valence-corrected chi connectivity index (χ4v) is 1.81. The smallest absolute Gasteiger partial charge is 0.318 e. The van der Waals surface area contributed by atoms with E-state index in [0.29, 0.717) is 0 Å². The lowest BCUT2D eigenvalue weighted by Crippen LogP contribution is -2.06. The first-order valence-electron chi connectivity index (χ1n) is 7.18. The monoisotopic (exact) mass is 370 g/mol. The summed E-state index contributed by atoms with van der Waals surface area (Å²) in [6.07, 6.45) is -0.822. The number of ether oxygens (including phenoxy) is 1. The molecule has 0 amide bonds. The summed E-state index contributed by atoms with van der Waals surface area (Å²) in [6.45, 7) is -0.242. The normalized spacial score (nSPS) is 11.4. The van der Waals surface area contributed by atoms with Crippen molar-refractivity contribution in [2.75, 3.05) is 24.3 Å². The highest BCUT2D eigenvalue weighted by Gasteiger charge is 2.13. The zero-order valence-corrected chi connectivity index (χ0v) is 13.4. The lowest BCUT2D eigenvalue weighted by atomic mass is 10.2. The van der Waals surface area contributed by atoms with Gasteiger partial charge >= 0.3 is 6.01 Å². The maximum absolute atomic E-state index is 13.3. The van der Waals surface area contributed by atoms with Crippen molar-refractivity contribution in [2.45, 2.75) is 6.43 Å². The van der Waals surface area contributed by atoms with Crippen molar-refractivity contribution >= 4 is 11.5 Å². The number of rotatable bonds is 8. The Morgan fingerprint density at radius 2 is 2.12 bits per heavy atom. The predicted octanol–water partition coefficient (Wildman–Crippen LogP) is 4.10. The molecule has 2 rings (SSSR count). The zero-order chi connectivity index (χ0) is 19.1. The molecule has 0 aliphatic heterocycles. The van der Waals surface area contributed by atoms with Crippen LogP contribution in [0.25, 0.3) is 0 Å². The number of anilines is 2. The molecule has 3 N–H and O–H groups in total. The Labute approximate surface area is 145 Å². The van der Waals surface area contributed by atoms with Crippen molar-refractivity contribution in [3.05, 3.63) is 53.5 Å². The first-order chi connectivity index (χ1) is 12.4. The van der Waals surface area contributed by atoms with Gasteiger partial charge in [-0.25, -0.2) is 28.1 Å². The van der Waals surface area contributed by atoms with Gasteiger partial charge in [-0.1, -0.05) is 0 Å². The van der Waals surface area contributed by atoms with Crippen LogP contribution in [-0.2, 0) is 0 Å². The van der Waals surface area contributed by atoms with Gasteiger partial charge in [-0.3, -0.25) is 0 Å². The van der Waals surface area contributed by atoms with E-state index in [4.69, 9.17) is 10.3 Å². The number of nitrogens with one attached hydrogen (secondary N) is 3. The molecule has 138 valence electrons. The molecule has 11 heteroatoms. The van der Waals surface area contributed by atoms with Crippen LogP contribution in [0.3, 0.4) is 0 Å². The van der Waals surface area contributed by atoms with Gasteiger partial charge in [-0.15, -0.1) is 0 Å². The van der Waals surface area contributed by atoms with Crippen molar-refractivity contribution in [1.29, 1.82) is 5.53 Å². The quantitative estimate of drug-likeness (QED) is 0.480. The second kappa shape index (κ2) is 8.74. The van der Waals surface area contributed by atoms with Crippen molar-refractivity contribution in [2.24, 2.45) is 5.11 Å². The molecule has 7 nitrogen and oxygen atoms in total. The number of halogens is 4. The number of hydrogen-bond acceptors (Lipinski definition) is 7. The molecule has 1 heterocycles. The number of aromatic nitrogens is 2. The SMILES string of the molecule is CNc1nc(OC/C(=C/Nc2ccc(F)c(C(F)F)c2)N=N)ncc1F. The molecule has 0 spiro atoms. The molecule has 0 aliphatic carbocycles. The summed E-state index contributed by atoms with van der Waals surface area (Å²) in [4.78, 5) is 7.39. The van der Waals surface area contributed by atoms with Gasteiger partial charge in [0.1, 0.15) is 18.1 Å². The molecule has 1 aromatic heterocycles. The molecule has 0 fully saturated rings. The standard InChI is InChI=1S/C15H14F4N6O/c1-21-14-12(17)6-23-15(24-14)26-7-9(25-20)5-22-8-2-3-11(16)10(4-8)13(18)19/h2-6,13,20,22H,7H2,1H3,(H,21,23,24)/b9-5-,25-20?. The first-order valence-corrected chi connectivity index (χ1v) is 7.18. The summed E-state index contributed by atoms with van der Waals surface area (Å²) in [5.74, 6) is -1.74. The molecule has 0 saturated carbocycles. The largest absolute Gasteiger partial charge is 0.457 e. The lowest BCUT2D eigenvalue weighted by Gasteiger charge is -2.08. The lowest BCUT2D eigenvalue weighted by molar-refractivity contribution is 0.146. The Bertz CT molecular complexity index is 815. The summed E-state index contributed by atoms with van der Waals surface area (Å²) in [6, 6.07) is 2.95. The summed E-state index contributed by atoms with van der Waals surface area (Å²) in [7, 11) is 1.47. The Kier molecular flexibility index (Phi) is 6.42. The van der Waals surface area contributed by atoms with E-state index in [2.05, 4.69) is 25.7 Å². The molecule has 0 radical (unpaired) electrons. The van der Waals surface area contributed by atoms with Crippen LogP contribution in [0.4, 0.5) is 29.1 Å². The summed E-state index contributed by atoms with van der Waals surface area (Å²) in [5, 5.41) is 8.34. The Hall–Kier alpha value is -3.24.